The number of benzene rings is 2. The van der Waals surface area contributed by atoms with E-state index in [1.165, 1.54) is 13.3 Å². The van der Waals surface area contributed by atoms with Gasteiger partial charge < -0.3 is 24.6 Å². The van der Waals surface area contributed by atoms with Crippen LogP contribution in [0.4, 0.5) is 5.69 Å². The number of aromatic nitrogens is 2. The third-order valence-electron chi connectivity index (χ3n) is 5.44. The van der Waals surface area contributed by atoms with Crippen LogP contribution in [-0.4, -0.2) is 53.5 Å². The van der Waals surface area contributed by atoms with Crippen LogP contribution in [0.3, 0.4) is 0 Å². The molecule has 0 unspecified atom stereocenters. The minimum atomic E-state index is -1.09. The third-order valence-corrected chi connectivity index (χ3v) is 5.44. The highest BCUT2D eigenvalue weighted by atomic mass is 16.5. The van der Waals surface area contributed by atoms with E-state index in [2.05, 4.69) is 14.9 Å². The maximum Gasteiger partial charge on any atom is 0.340 e. The maximum atomic E-state index is 12.0. The van der Waals surface area contributed by atoms with E-state index in [1.54, 1.807) is 12.3 Å². The van der Waals surface area contributed by atoms with Crippen molar-refractivity contribution in [2.24, 2.45) is 0 Å². The van der Waals surface area contributed by atoms with Crippen LogP contribution in [0.5, 0.6) is 11.5 Å². The van der Waals surface area contributed by atoms with E-state index in [0.717, 1.165) is 22.6 Å². The van der Waals surface area contributed by atoms with Crippen LogP contribution < -0.4 is 14.4 Å². The maximum absolute atomic E-state index is 12.0. The first-order valence-electron chi connectivity index (χ1n) is 10.7. The van der Waals surface area contributed by atoms with E-state index in [1.807, 2.05) is 55.6 Å². The molecule has 8 heteroatoms. The fraction of sp³-hybridized carbons (Fsp3) is 0.192. The van der Waals surface area contributed by atoms with Crippen LogP contribution >= 0.6 is 0 Å². The summed E-state index contributed by atoms with van der Waals surface area (Å²) < 4.78 is 10.9. The van der Waals surface area contributed by atoms with Crippen molar-refractivity contribution in [1.82, 2.24) is 9.97 Å². The predicted molar refractivity (Wildman–Crippen MR) is 130 cm³/mol. The Balaban J connectivity index is 1.59. The van der Waals surface area contributed by atoms with Crippen molar-refractivity contribution in [1.29, 1.82) is 0 Å². The molecule has 0 aliphatic heterocycles. The van der Waals surface area contributed by atoms with Gasteiger partial charge in [0.1, 0.15) is 23.6 Å². The minimum Gasteiger partial charge on any atom is -0.494 e. The number of nitrogens with zero attached hydrogens (tertiary/aromatic N) is 3. The van der Waals surface area contributed by atoms with Crippen molar-refractivity contribution in [3.63, 3.8) is 0 Å². The number of rotatable bonds is 9. The largest absolute Gasteiger partial charge is 0.494 e. The van der Waals surface area contributed by atoms with Gasteiger partial charge in [-0.05, 0) is 35.9 Å². The smallest absolute Gasteiger partial charge is 0.340 e. The zero-order valence-corrected chi connectivity index (χ0v) is 18.9. The molecule has 0 saturated heterocycles. The molecule has 2 aromatic heterocycles. The molecule has 0 spiro atoms. The van der Waals surface area contributed by atoms with E-state index < -0.39 is 5.97 Å². The predicted octanol–water partition coefficient (Wildman–Crippen LogP) is 4.01. The molecule has 4 aromatic rings. The lowest BCUT2D eigenvalue weighted by Gasteiger charge is -2.20. The fourth-order valence-electron chi connectivity index (χ4n) is 3.79. The molecule has 0 saturated carbocycles. The number of aromatic carboxylic acids is 1. The van der Waals surface area contributed by atoms with Crippen molar-refractivity contribution in [3.05, 3.63) is 78.1 Å². The average Bonchev–Trinajstić information content (AvgIpc) is 2.87. The van der Waals surface area contributed by atoms with Crippen LogP contribution in [0.15, 0.2) is 67.0 Å². The van der Waals surface area contributed by atoms with Gasteiger partial charge in [0.25, 0.3) is 0 Å². The molecule has 0 bridgehead atoms. The molecular formula is C26H25N3O5. The first kappa shape index (κ1) is 23.0. The van der Waals surface area contributed by atoms with Gasteiger partial charge in [-0.2, -0.15) is 0 Å². The van der Waals surface area contributed by atoms with Gasteiger partial charge in [0, 0.05) is 42.6 Å². The van der Waals surface area contributed by atoms with Gasteiger partial charge in [-0.15, -0.1) is 0 Å². The summed E-state index contributed by atoms with van der Waals surface area (Å²) in [4.78, 5) is 22.8. The minimum absolute atomic E-state index is 0.0179. The lowest BCUT2D eigenvalue weighted by atomic mass is 10.0. The van der Waals surface area contributed by atoms with E-state index in [9.17, 15) is 9.90 Å². The summed E-state index contributed by atoms with van der Waals surface area (Å²) in [6.07, 6.45) is 3.07. The second-order valence-electron chi connectivity index (χ2n) is 7.69. The summed E-state index contributed by atoms with van der Waals surface area (Å²) >= 11 is 0. The Kier molecular flexibility index (Phi) is 6.89. The van der Waals surface area contributed by atoms with Crippen LogP contribution in [0.1, 0.15) is 15.9 Å². The van der Waals surface area contributed by atoms with Gasteiger partial charge in [-0.1, -0.05) is 24.3 Å². The number of fused-ring (bicyclic) bond motifs is 1. The topological polar surface area (TPSA) is 105 Å². The number of pyridine rings is 2. The van der Waals surface area contributed by atoms with E-state index in [4.69, 9.17) is 14.6 Å². The third kappa shape index (κ3) is 4.77. The number of anilines is 1. The molecule has 0 aliphatic rings. The Hall–Kier alpha value is -4.17. The Morgan fingerprint density at radius 2 is 1.79 bits per heavy atom. The number of carbonyl (C=O) groups is 1. The summed E-state index contributed by atoms with van der Waals surface area (Å²) in [6, 6.07) is 17.2. The molecule has 0 aliphatic carbocycles. The fourth-order valence-corrected chi connectivity index (χ4v) is 3.79. The highest BCUT2D eigenvalue weighted by Crippen LogP contribution is 2.36. The van der Waals surface area contributed by atoms with Crippen molar-refractivity contribution >= 4 is 22.6 Å². The zero-order chi connectivity index (χ0) is 24.1. The number of hydrogen-bond donors (Lipinski definition) is 2. The molecule has 2 heterocycles. The number of aliphatic hydroxyl groups excluding tert-OH is 1. The second kappa shape index (κ2) is 10.2. The molecule has 0 atom stereocenters. The highest BCUT2D eigenvalue weighted by molar-refractivity contribution is 6.07. The Morgan fingerprint density at radius 1 is 1.06 bits per heavy atom. The molecule has 0 amide bonds. The molecule has 34 heavy (non-hydrogen) atoms. The van der Waals surface area contributed by atoms with E-state index >= 15 is 0 Å². The summed E-state index contributed by atoms with van der Waals surface area (Å²) in [7, 11) is 3.44. The summed E-state index contributed by atoms with van der Waals surface area (Å²) in [6.45, 7) is 0.941. The first-order valence-corrected chi connectivity index (χ1v) is 10.7. The highest BCUT2D eigenvalue weighted by Gasteiger charge is 2.22. The van der Waals surface area contributed by atoms with Crippen LogP contribution in [-0.2, 0) is 6.54 Å². The lowest BCUT2D eigenvalue weighted by molar-refractivity contribution is 0.0695. The summed E-state index contributed by atoms with van der Waals surface area (Å²) in [5, 5.41) is 19.1. The van der Waals surface area contributed by atoms with Gasteiger partial charge in [0.2, 0.25) is 0 Å². The average molecular weight is 460 g/mol. The van der Waals surface area contributed by atoms with Crippen molar-refractivity contribution in [3.8, 4) is 22.8 Å². The Bertz CT molecular complexity index is 1290. The number of aliphatic hydroxyl groups is 1. The number of carboxylic acid groups (broad SMARTS) is 1. The normalized spacial score (nSPS) is 10.8. The van der Waals surface area contributed by atoms with Gasteiger partial charge >= 0.3 is 5.97 Å². The Labute approximate surface area is 197 Å². The SMILES string of the molecule is COc1c(-c2ccc(N(C)Cc3ccc(OCCO)cc3)cc2)nc2ccncc2c1C(=O)O. The number of carboxylic acids is 1. The molecular weight excluding hydrogens is 434 g/mol. The number of hydrogen-bond acceptors (Lipinski definition) is 7. The van der Waals surface area contributed by atoms with Crippen molar-refractivity contribution in [2.45, 2.75) is 6.54 Å². The molecule has 174 valence electrons. The summed E-state index contributed by atoms with van der Waals surface area (Å²) in [5.74, 6) is -0.168. The van der Waals surface area contributed by atoms with Gasteiger partial charge in [0.05, 0.1) is 19.2 Å². The van der Waals surface area contributed by atoms with Crippen molar-refractivity contribution < 1.29 is 24.5 Å². The number of ether oxygens (including phenoxy) is 2. The van der Waals surface area contributed by atoms with Crippen molar-refractivity contribution in [2.75, 3.05) is 32.3 Å². The van der Waals surface area contributed by atoms with Crippen LogP contribution in [0.25, 0.3) is 22.2 Å². The molecule has 8 nitrogen and oxygen atoms in total. The van der Waals surface area contributed by atoms with Gasteiger partial charge in [-0.25, -0.2) is 9.78 Å². The standard InChI is InChI=1S/C26H25N3O5/c1-29(16-17-3-9-20(10-4-17)34-14-13-30)19-7-5-18(6-8-19)24-25(33-2)23(26(31)32)21-15-27-12-11-22(21)28-24/h3-12,15,30H,13-14,16H2,1-2H3,(H,31,32). The van der Waals surface area contributed by atoms with Gasteiger partial charge in [-0.3, -0.25) is 4.98 Å². The van der Waals surface area contributed by atoms with E-state index in [-0.39, 0.29) is 24.5 Å². The molecule has 2 N–H and O–H groups in total. The van der Waals surface area contributed by atoms with Gasteiger partial charge in [0.15, 0.2) is 5.75 Å². The Morgan fingerprint density at radius 3 is 2.44 bits per heavy atom. The lowest BCUT2D eigenvalue weighted by Crippen LogP contribution is -2.16. The first-order chi connectivity index (χ1) is 16.5. The second-order valence-corrected chi connectivity index (χ2v) is 7.69. The zero-order valence-electron chi connectivity index (χ0n) is 18.9. The van der Waals surface area contributed by atoms with Crippen LogP contribution in [0.2, 0.25) is 0 Å². The quantitative estimate of drug-likeness (QED) is 0.387. The molecule has 0 radical (unpaired) electrons. The van der Waals surface area contributed by atoms with Crippen LogP contribution in [0, 0.1) is 0 Å². The van der Waals surface area contributed by atoms with E-state index in [0.29, 0.717) is 23.1 Å². The molecule has 2 aromatic carbocycles. The molecule has 0 fully saturated rings. The molecule has 4 rings (SSSR count). The number of methoxy groups -OCH3 is 1. The summed E-state index contributed by atoms with van der Waals surface area (Å²) in [5.41, 5.74) is 3.90. The monoisotopic (exact) mass is 459 g/mol.